The number of nitrogens with zero attached hydrogens (tertiary/aromatic N) is 1. The van der Waals surface area contributed by atoms with Gasteiger partial charge in [0.25, 0.3) is 0 Å². The summed E-state index contributed by atoms with van der Waals surface area (Å²) < 4.78 is 14.1. The molecule has 0 fully saturated rings. The molecule has 0 spiro atoms. The van der Waals surface area contributed by atoms with Crippen molar-refractivity contribution in [1.82, 2.24) is 10.2 Å². The van der Waals surface area contributed by atoms with Gasteiger partial charge in [-0.1, -0.05) is 48.9 Å². The maximum Gasteiger partial charge on any atom is 0.242 e. The molecule has 1 atom stereocenters. The molecule has 0 aliphatic rings. The Morgan fingerprint density at radius 3 is 2.44 bits per heavy atom. The summed E-state index contributed by atoms with van der Waals surface area (Å²) in [6, 6.07) is 12.5. The minimum Gasteiger partial charge on any atom is -0.354 e. The third kappa shape index (κ3) is 6.07. The van der Waals surface area contributed by atoms with E-state index in [0.29, 0.717) is 17.1 Å². The van der Waals surface area contributed by atoms with E-state index >= 15 is 0 Å². The third-order valence-corrected chi connectivity index (χ3v) is 4.54. The second-order valence-electron chi connectivity index (χ2n) is 6.38. The molecule has 4 nitrogen and oxygen atoms in total. The van der Waals surface area contributed by atoms with Crippen LogP contribution in [0.5, 0.6) is 0 Å². The minimum absolute atomic E-state index is 0.0276. The van der Waals surface area contributed by atoms with E-state index in [1.807, 2.05) is 6.92 Å². The first-order valence-electron chi connectivity index (χ1n) is 8.97. The first-order chi connectivity index (χ1) is 12.9. The summed E-state index contributed by atoms with van der Waals surface area (Å²) >= 11 is 5.89. The predicted octanol–water partition coefficient (Wildman–Crippen LogP) is 3.97. The molecule has 2 amide bonds. The van der Waals surface area contributed by atoms with Crippen molar-refractivity contribution < 1.29 is 14.0 Å². The molecule has 1 N–H and O–H groups in total. The molecule has 0 aliphatic carbocycles. The number of benzene rings is 2. The van der Waals surface area contributed by atoms with Crippen molar-refractivity contribution in [3.05, 3.63) is 70.5 Å². The summed E-state index contributed by atoms with van der Waals surface area (Å²) in [5.41, 5.74) is 1.15. The highest BCUT2D eigenvalue weighted by atomic mass is 35.5. The van der Waals surface area contributed by atoms with Gasteiger partial charge in [0.05, 0.1) is 6.42 Å². The summed E-state index contributed by atoms with van der Waals surface area (Å²) in [6.07, 6.45) is 0.904. The van der Waals surface area contributed by atoms with Crippen LogP contribution in [0, 0.1) is 5.82 Å². The molecule has 27 heavy (non-hydrogen) atoms. The van der Waals surface area contributed by atoms with Crippen molar-refractivity contribution in [2.75, 3.05) is 6.54 Å². The first-order valence-corrected chi connectivity index (χ1v) is 9.35. The van der Waals surface area contributed by atoms with E-state index in [9.17, 15) is 14.0 Å². The Balaban J connectivity index is 2.21. The van der Waals surface area contributed by atoms with E-state index in [-0.39, 0.29) is 24.8 Å². The van der Waals surface area contributed by atoms with Crippen LogP contribution >= 0.6 is 11.6 Å². The fourth-order valence-corrected chi connectivity index (χ4v) is 2.79. The number of hydrogen-bond donors (Lipinski definition) is 1. The maximum atomic E-state index is 14.1. The molecule has 0 aromatic heterocycles. The lowest BCUT2D eigenvalue weighted by Gasteiger charge is -2.29. The van der Waals surface area contributed by atoms with Gasteiger partial charge in [0, 0.05) is 23.7 Å². The Hall–Kier alpha value is -2.40. The lowest BCUT2D eigenvalue weighted by atomic mass is 10.1. The number of halogens is 2. The lowest BCUT2D eigenvalue weighted by Crippen LogP contribution is -2.48. The zero-order valence-corrected chi connectivity index (χ0v) is 16.3. The molecule has 2 aromatic carbocycles. The smallest absolute Gasteiger partial charge is 0.242 e. The molecular formula is C21H24ClFN2O2. The van der Waals surface area contributed by atoms with Crippen LogP contribution in [0.3, 0.4) is 0 Å². The van der Waals surface area contributed by atoms with Crippen LogP contribution < -0.4 is 5.32 Å². The number of amides is 2. The summed E-state index contributed by atoms with van der Waals surface area (Å²) in [4.78, 5) is 26.7. The number of nitrogens with one attached hydrogen (secondary N) is 1. The zero-order valence-electron chi connectivity index (χ0n) is 15.5. The lowest BCUT2D eigenvalue weighted by molar-refractivity contribution is -0.140. The molecule has 0 aliphatic heterocycles. The van der Waals surface area contributed by atoms with Gasteiger partial charge < -0.3 is 10.2 Å². The average molecular weight is 391 g/mol. The fraction of sp³-hybridized carbons (Fsp3) is 0.333. The van der Waals surface area contributed by atoms with E-state index in [4.69, 9.17) is 11.6 Å². The average Bonchev–Trinajstić information content (AvgIpc) is 2.66. The molecule has 0 saturated carbocycles. The molecule has 2 rings (SSSR count). The van der Waals surface area contributed by atoms with Crippen molar-refractivity contribution in [3.8, 4) is 0 Å². The topological polar surface area (TPSA) is 49.4 Å². The van der Waals surface area contributed by atoms with Gasteiger partial charge >= 0.3 is 0 Å². The second kappa shape index (κ2) is 10.1. The highest BCUT2D eigenvalue weighted by Gasteiger charge is 2.26. The van der Waals surface area contributed by atoms with Gasteiger partial charge in [-0.3, -0.25) is 9.59 Å². The van der Waals surface area contributed by atoms with E-state index in [1.165, 1.54) is 11.0 Å². The summed E-state index contributed by atoms with van der Waals surface area (Å²) in [6.45, 7) is 4.17. The van der Waals surface area contributed by atoms with Crippen molar-refractivity contribution in [1.29, 1.82) is 0 Å². The SMILES string of the molecule is CCCNC(=O)[C@H](C)N(Cc1ccccc1F)C(=O)Cc1ccc(Cl)cc1. The van der Waals surface area contributed by atoms with Crippen LogP contribution in [0.4, 0.5) is 4.39 Å². The standard InChI is InChI=1S/C21H24ClFN2O2/c1-3-12-24-21(27)15(2)25(14-17-6-4-5-7-19(17)23)20(26)13-16-8-10-18(22)11-9-16/h4-11,15H,3,12-14H2,1-2H3,(H,24,27)/t15-/m0/s1. The molecule has 0 heterocycles. The summed E-state index contributed by atoms with van der Waals surface area (Å²) in [5.74, 6) is -0.902. The van der Waals surface area contributed by atoms with Gasteiger partial charge in [-0.25, -0.2) is 4.39 Å². The second-order valence-corrected chi connectivity index (χ2v) is 6.82. The van der Waals surface area contributed by atoms with E-state index < -0.39 is 11.9 Å². The Labute approximate surface area is 164 Å². The quantitative estimate of drug-likeness (QED) is 0.741. The molecule has 6 heteroatoms. The minimum atomic E-state index is -0.712. The van der Waals surface area contributed by atoms with E-state index in [0.717, 1.165) is 12.0 Å². The van der Waals surface area contributed by atoms with Crippen LogP contribution in [0.15, 0.2) is 48.5 Å². The van der Waals surface area contributed by atoms with Gasteiger partial charge in [-0.15, -0.1) is 0 Å². The van der Waals surface area contributed by atoms with E-state index in [2.05, 4.69) is 5.32 Å². The maximum absolute atomic E-state index is 14.1. The van der Waals surface area contributed by atoms with Crippen molar-refractivity contribution >= 4 is 23.4 Å². The van der Waals surface area contributed by atoms with Gasteiger partial charge in [0.15, 0.2) is 0 Å². The van der Waals surface area contributed by atoms with Gasteiger partial charge in [-0.2, -0.15) is 0 Å². The van der Waals surface area contributed by atoms with Crippen molar-refractivity contribution in [2.45, 2.75) is 39.3 Å². The first kappa shape index (κ1) is 20.9. The number of carbonyl (C=O) groups is 2. The highest BCUT2D eigenvalue weighted by Crippen LogP contribution is 2.16. The third-order valence-electron chi connectivity index (χ3n) is 4.28. The summed E-state index contributed by atoms with van der Waals surface area (Å²) in [5, 5.41) is 3.38. The normalized spacial score (nSPS) is 11.7. The van der Waals surface area contributed by atoms with Crippen LogP contribution in [-0.2, 0) is 22.6 Å². The van der Waals surface area contributed by atoms with Crippen LogP contribution in [0.25, 0.3) is 0 Å². The van der Waals surface area contributed by atoms with Gasteiger partial charge in [-0.05, 0) is 37.1 Å². The predicted molar refractivity (Wildman–Crippen MR) is 105 cm³/mol. The largest absolute Gasteiger partial charge is 0.354 e. The Morgan fingerprint density at radius 2 is 1.81 bits per heavy atom. The van der Waals surface area contributed by atoms with E-state index in [1.54, 1.807) is 49.4 Å². The molecule has 144 valence electrons. The van der Waals surface area contributed by atoms with Crippen molar-refractivity contribution in [2.24, 2.45) is 0 Å². The molecule has 2 aromatic rings. The summed E-state index contributed by atoms with van der Waals surface area (Å²) in [7, 11) is 0. The number of rotatable bonds is 8. The highest BCUT2D eigenvalue weighted by molar-refractivity contribution is 6.30. The number of hydrogen-bond acceptors (Lipinski definition) is 2. The molecule has 0 unspecified atom stereocenters. The van der Waals surface area contributed by atoms with Crippen LogP contribution in [0.1, 0.15) is 31.4 Å². The molecule has 0 bridgehead atoms. The molecule has 0 radical (unpaired) electrons. The fourth-order valence-electron chi connectivity index (χ4n) is 2.67. The van der Waals surface area contributed by atoms with Crippen LogP contribution in [0.2, 0.25) is 5.02 Å². The Kier molecular flexibility index (Phi) is 7.80. The van der Waals surface area contributed by atoms with Gasteiger partial charge in [0.1, 0.15) is 11.9 Å². The van der Waals surface area contributed by atoms with Gasteiger partial charge in [0.2, 0.25) is 11.8 Å². The Bertz CT molecular complexity index is 780. The number of carbonyl (C=O) groups excluding carboxylic acids is 2. The monoisotopic (exact) mass is 390 g/mol. The van der Waals surface area contributed by atoms with Crippen LogP contribution in [-0.4, -0.2) is 29.3 Å². The molecular weight excluding hydrogens is 367 g/mol. The van der Waals surface area contributed by atoms with Crippen molar-refractivity contribution in [3.63, 3.8) is 0 Å². The zero-order chi connectivity index (χ0) is 19.8. The molecule has 0 saturated heterocycles. The Morgan fingerprint density at radius 1 is 1.15 bits per heavy atom.